The first-order chi connectivity index (χ1) is 15.6. The van der Waals surface area contributed by atoms with Gasteiger partial charge in [0.15, 0.2) is 0 Å². The number of rotatable bonds is 4. The third-order valence-electron chi connectivity index (χ3n) is 5.48. The summed E-state index contributed by atoms with van der Waals surface area (Å²) in [7, 11) is 1.45. The predicted molar refractivity (Wildman–Crippen MR) is 122 cm³/mol. The van der Waals surface area contributed by atoms with Crippen LogP contribution >= 0.6 is 0 Å². The monoisotopic (exact) mass is 422 g/mol. The summed E-state index contributed by atoms with van der Waals surface area (Å²) >= 11 is 0. The molecule has 1 aliphatic heterocycles. The number of benzene rings is 4. The van der Waals surface area contributed by atoms with Crippen molar-refractivity contribution in [3.63, 3.8) is 0 Å². The fourth-order valence-electron chi connectivity index (χ4n) is 3.88. The summed E-state index contributed by atoms with van der Waals surface area (Å²) in [6, 6.07) is 24.8. The molecular weight excluding hydrogens is 404 g/mol. The Labute approximate surface area is 184 Å². The van der Waals surface area contributed by atoms with Gasteiger partial charge in [-0.1, -0.05) is 42.5 Å². The molecule has 5 rings (SSSR count). The largest absolute Gasteiger partial charge is 0.494 e. The van der Waals surface area contributed by atoms with Gasteiger partial charge >= 0.3 is 0 Å². The zero-order valence-electron chi connectivity index (χ0n) is 17.2. The molecule has 6 heteroatoms. The predicted octanol–water partition coefficient (Wildman–Crippen LogP) is 4.90. The second-order valence-electron chi connectivity index (χ2n) is 7.39. The highest BCUT2D eigenvalue weighted by atomic mass is 16.5. The molecule has 0 aromatic heterocycles. The molecule has 4 aromatic carbocycles. The van der Waals surface area contributed by atoms with Crippen LogP contribution in [-0.4, -0.2) is 24.8 Å². The fraction of sp³-hybridized carbons (Fsp3) is 0.0385. The van der Waals surface area contributed by atoms with Crippen molar-refractivity contribution in [2.24, 2.45) is 0 Å². The van der Waals surface area contributed by atoms with E-state index < -0.39 is 11.8 Å². The van der Waals surface area contributed by atoms with E-state index in [1.165, 1.54) is 7.11 Å². The van der Waals surface area contributed by atoms with Crippen molar-refractivity contribution < 1.29 is 19.1 Å². The molecule has 0 unspecified atom stereocenters. The number of methoxy groups -OCH3 is 1. The number of ether oxygens (including phenoxy) is 1. The number of amides is 3. The molecule has 0 bridgehead atoms. The second kappa shape index (κ2) is 7.67. The molecule has 0 saturated carbocycles. The smallest absolute Gasteiger partial charge is 0.266 e. The van der Waals surface area contributed by atoms with Crippen LogP contribution in [0, 0.1) is 0 Å². The Morgan fingerprint density at radius 3 is 2.12 bits per heavy atom. The minimum atomic E-state index is -0.406. The highest BCUT2D eigenvalue weighted by Gasteiger charge is 2.37. The van der Waals surface area contributed by atoms with E-state index in [1.807, 2.05) is 36.4 Å². The molecule has 32 heavy (non-hydrogen) atoms. The lowest BCUT2D eigenvalue weighted by atomic mass is 10.1. The SMILES string of the molecule is COc1cc(NC(=O)c2ccc3ccccc3c2)ccc1N1C(=O)c2ccccc2C1=O. The van der Waals surface area contributed by atoms with Crippen molar-refractivity contribution >= 4 is 39.9 Å². The summed E-state index contributed by atoms with van der Waals surface area (Å²) in [5.74, 6) is -0.782. The second-order valence-corrected chi connectivity index (χ2v) is 7.39. The summed E-state index contributed by atoms with van der Waals surface area (Å²) < 4.78 is 5.44. The molecule has 0 fully saturated rings. The number of fused-ring (bicyclic) bond motifs is 2. The van der Waals surface area contributed by atoms with Gasteiger partial charge in [0.1, 0.15) is 5.75 Å². The van der Waals surface area contributed by atoms with Gasteiger partial charge in [0.05, 0.1) is 23.9 Å². The Balaban J connectivity index is 1.43. The lowest BCUT2D eigenvalue weighted by molar-refractivity contribution is 0.0923. The van der Waals surface area contributed by atoms with Crippen molar-refractivity contribution in [3.05, 3.63) is 102 Å². The molecule has 0 aliphatic carbocycles. The minimum absolute atomic E-state index is 0.272. The topological polar surface area (TPSA) is 75.7 Å². The summed E-state index contributed by atoms with van der Waals surface area (Å²) in [4.78, 5) is 39.5. The molecule has 0 spiro atoms. The van der Waals surface area contributed by atoms with Crippen LogP contribution in [0.5, 0.6) is 5.75 Å². The van der Waals surface area contributed by atoms with E-state index in [1.54, 1.807) is 48.5 Å². The van der Waals surface area contributed by atoms with Gasteiger partial charge in [-0.05, 0) is 47.2 Å². The molecule has 6 nitrogen and oxygen atoms in total. The summed E-state index contributed by atoms with van der Waals surface area (Å²) in [6.07, 6.45) is 0. The Morgan fingerprint density at radius 2 is 1.44 bits per heavy atom. The zero-order chi connectivity index (χ0) is 22.2. The van der Waals surface area contributed by atoms with Gasteiger partial charge in [-0.3, -0.25) is 14.4 Å². The molecule has 1 N–H and O–H groups in total. The van der Waals surface area contributed by atoms with Crippen LogP contribution in [0.25, 0.3) is 10.8 Å². The first-order valence-corrected chi connectivity index (χ1v) is 10.0. The number of nitrogens with zero attached hydrogens (tertiary/aromatic N) is 1. The van der Waals surface area contributed by atoms with Crippen LogP contribution in [0.2, 0.25) is 0 Å². The maximum absolute atomic E-state index is 12.8. The van der Waals surface area contributed by atoms with E-state index in [-0.39, 0.29) is 5.91 Å². The first kappa shape index (κ1) is 19.5. The first-order valence-electron chi connectivity index (χ1n) is 10.0. The summed E-state index contributed by atoms with van der Waals surface area (Å²) in [6.45, 7) is 0. The lowest BCUT2D eigenvalue weighted by Crippen LogP contribution is -2.29. The highest BCUT2D eigenvalue weighted by molar-refractivity contribution is 6.34. The van der Waals surface area contributed by atoms with E-state index in [4.69, 9.17) is 4.74 Å². The van der Waals surface area contributed by atoms with E-state index >= 15 is 0 Å². The number of anilines is 2. The minimum Gasteiger partial charge on any atom is -0.494 e. The fourth-order valence-corrected chi connectivity index (χ4v) is 3.88. The van der Waals surface area contributed by atoms with Crippen LogP contribution in [0.15, 0.2) is 84.9 Å². The van der Waals surface area contributed by atoms with Crippen LogP contribution in [0.3, 0.4) is 0 Å². The van der Waals surface area contributed by atoms with Gasteiger partial charge in [0.2, 0.25) is 0 Å². The Morgan fingerprint density at radius 1 is 0.781 bits per heavy atom. The summed E-state index contributed by atoms with van der Waals surface area (Å²) in [5, 5.41) is 4.87. The van der Waals surface area contributed by atoms with Crippen LogP contribution < -0.4 is 15.0 Å². The Bertz CT molecular complexity index is 1380. The number of hydrogen-bond acceptors (Lipinski definition) is 4. The Hall–Kier alpha value is -4.45. The number of carbonyl (C=O) groups is 3. The van der Waals surface area contributed by atoms with Crippen LogP contribution in [0.4, 0.5) is 11.4 Å². The van der Waals surface area contributed by atoms with Gasteiger partial charge in [-0.15, -0.1) is 0 Å². The standard InChI is InChI=1S/C26H18N2O4/c1-32-23-15-19(27-24(29)18-11-10-16-6-2-3-7-17(16)14-18)12-13-22(23)28-25(30)20-8-4-5-9-21(20)26(28)31/h2-15H,1H3,(H,27,29). The van der Waals surface area contributed by atoms with Gasteiger partial charge in [-0.2, -0.15) is 0 Å². The molecule has 3 amide bonds. The quantitative estimate of drug-likeness (QED) is 0.475. The molecule has 4 aromatic rings. The van der Waals surface area contributed by atoms with Gasteiger partial charge < -0.3 is 10.1 Å². The number of carbonyl (C=O) groups excluding carboxylic acids is 3. The molecule has 0 atom stereocenters. The summed E-state index contributed by atoms with van der Waals surface area (Å²) in [5.41, 5.74) is 2.04. The average Bonchev–Trinajstić information content (AvgIpc) is 3.08. The van der Waals surface area contributed by atoms with E-state index in [9.17, 15) is 14.4 Å². The molecule has 1 heterocycles. The van der Waals surface area contributed by atoms with Gasteiger partial charge in [-0.25, -0.2) is 4.90 Å². The van der Waals surface area contributed by atoms with E-state index in [0.717, 1.165) is 15.7 Å². The normalized spacial score (nSPS) is 12.7. The van der Waals surface area contributed by atoms with Gasteiger partial charge in [0.25, 0.3) is 17.7 Å². The van der Waals surface area contributed by atoms with Crippen molar-refractivity contribution in [3.8, 4) is 5.75 Å². The number of imide groups is 1. The van der Waals surface area contributed by atoms with Gasteiger partial charge in [0, 0.05) is 17.3 Å². The molecule has 156 valence electrons. The molecule has 0 saturated heterocycles. The average molecular weight is 422 g/mol. The third-order valence-corrected chi connectivity index (χ3v) is 5.48. The zero-order valence-corrected chi connectivity index (χ0v) is 17.2. The van der Waals surface area contributed by atoms with E-state index in [0.29, 0.717) is 33.8 Å². The van der Waals surface area contributed by atoms with Crippen molar-refractivity contribution in [1.29, 1.82) is 0 Å². The molecule has 1 aliphatic rings. The maximum atomic E-state index is 12.8. The Kier molecular flexibility index (Phi) is 4.67. The van der Waals surface area contributed by atoms with Crippen molar-refractivity contribution in [1.82, 2.24) is 0 Å². The molecular formula is C26H18N2O4. The number of nitrogens with one attached hydrogen (secondary N) is 1. The lowest BCUT2D eigenvalue weighted by Gasteiger charge is -2.18. The van der Waals surface area contributed by atoms with Crippen molar-refractivity contribution in [2.75, 3.05) is 17.3 Å². The number of hydrogen-bond donors (Lipinski definition) is 1. The van der Waals surface area contributed by atoms with Crippen LogP contribution in [0.1, 0.15) is 31.1 Å². The van der Waals surface area contributed by atoms with E-state index in [2.05, 4.69) is 5.32 Å². The maximum Gasteiger partial charge on any atom is 0.266 e. The highest BCUT2D eigenvalue weighted by Crippen LogP contribution is 2.36. The molecule has 0 radical (unpaired) electrons. The third kappa shape index (κ3) is 3.18. The van der Waals surface area contributed by atoms with Crippen molar-refractivity contribution in [2.45, 2.75) is 0 Å². The van der Waals surface area contributed by atoms with Crippen LogP contribution in [-0.2, 0) is 0 Å².